The quantitative estimate of drug-likeness (QED) is 0.842. The Morgan fingerprint density at radius 3 is 2.67 bits per heavy atom. The molecule has 1 fully saturated rings. The van der Waals surface area contributed by atoms with E-state index in [1.165, 1.54) is 0 Å². The summed E-state index contributed by atoms with van der Waals surface area (Å²) in [5.41, 5.74) is 6.91. The Labute approximate surface area is 108 Å². The van der Waals surface area contributed by atoms with Gasteiger partial charge in [-0.05, 0) is 37.0 Å². The van der Waals surface area contributed by atoms with Gasteiger partial charge < -0.3 is 15.8 Å². The molecule has 4 nitrogen and oxygen atoms in total. The molecule has 0 saturated heterocycles. The van der Waals surface area contributed by atoms with Crippen LogP contribution < -0.4 is 15.8 Å². The van der Waals surface area contributed by atoms with Gasteiger partial charge in [-0.3, -0.25) is 4.79 Å². The van der Waals surface area contributed by atoms with Crippen molar-refractivity contribution in [2.45, 2.75) is 37.8 Å². The lowest BCUT2D eigenvalue weighted by atomic mass is 10.1. The van der Waals surface area contributed by atoms with Gasteiger partial charge in [0.2, 0.25) is 5.91 Å². The van der Waals surface area contributed by atoms with Gasteiger partial charge in [0.25, 0.3) is 0 Å². The highest BCUT2D eigenvalue weighted by atomic mass is 16.5. The predicted octanol–water partition coefficient (Wildman–Crippen LogP) is 1.23. The summed E-state index contributed by atoms with van der Waals surface area (Å²) in [5.74, 6) is 0.847. The summed E-state index contributed by atoms with van der Waals surface area (Å²) in [4.78, 5) is 11.9. The molecule has 1 aliphatic rings. The fourth-order valence-corrected chi connectivity index (χ4v) is 2.35. The zero-order valence-electron chi connectivity index (χ0n) is 10.7. The van der Waals surface area contributed by atoms with Crippen molar-refractivity contribution in [3.8, 4) is 5.75 Å². The Hall–Kier alpha value is -1.55. The Morgan fingerprint density at radius 2 is 2.11 bits per heavy atom. The number of rotatable bonds is 4. The number of hydrogen-bond acceptors (Lipinski definition) is 3. The van der Waals surface area contributed by atoms with Gasteiger partial charge in [0.1, 0.15) is 5.75 Å². The van der Waals surface area contributed by atoms with Crippen molar-refractivity contribution >= 4 is 5.91 Å². The van der Waals surface area contributed by atoms with E-state index in [4.69, 9.17) is 10.5 Å². The first-order valence-corrected chi connectivity index (χ1v) is 6.37. The van der Waals surface area contributed by atoms with Crippen LogP contribution in [0.25, 0.3) is 0 Å². The largest absolute Gasteiger partial charge is 0.497 e. The molecule has 0 heterocycles. The van der Waals surface area contributed by atoms with E-state index >= 15 is 0 Å². The minimum absolute atomic E-state index is 0.0440. The predicted molar refractivity (Wildman–Crippen MR) is 70.5 cm³/mol. The number of ether oxygens (including phenoxy) is 1. The molecular weight excluding hydrogens is 228 g/mol. The van der Waals surface area contributed by atoms with E-state index < -0.39 is 0 Å². The highest BCUT2D eigenvalue weighted by Crippen LogP contribution is 2.17. The molecule has 1 amide bonds. The van der Waals surface area contributed by atoms with Crippen molar-refractivity contribution in [3.63, 3.8) is 0 Å². The smallest absolute Gasteiger partial charge is 0.224 e. The zero-order chi connectivity index (χ0) is 13.0. The summed E-state index contributed by atoms with van der Waals surface area (Å²) in [7, 11) is 1.63. The van der Waals surface area contributed by atoms with Crippen LogP contribution in [0.4, 0.5) is 0 Å². The maximum absolute atomic E-state index is 11.9. The molecule has 0 aliphatic heterocycles. The summed E-state index contributed by atoms with van der Waals surface area (Å²) in [5, 5.41) is 3.01. The molecule has 1 aromatic carbocycles. The Bertz CT molecular complexity index is 403. The maximum Gasteiger partial charge on any atom is 0.224 e. The topological polar surface area (TPSA) is 64.3 Å². The van der Waals surface area contributed by atoms with Crippen LogP contribution in [0.2, 0.25) is 0 Å². The van der Waals surface area contributed by atoms with Crippen molar-refractivity contribution in [1.82, 2.24) is 5.32 Å². The van der Waals surface area contributed by atoms with E-state index in [1.54, 1.807) is 7.11 Å². The van der Waals surface area contributed by atoms with E-state index in [-0.39, 0.29) is 18.0 Å². The Kier molecular flexibility index (Phi) is 4.20. The van der Waals surface area contributed by atoms with E-state index in [9.17, 15) is 4.79 Å². The van der Waals surface area contributed by atoms with Crippen molar-refractivity contribution in [2.24, 2.45) is 5.73 Å². The van der Waals surface area contributed by atoms with Gasteiger partial charge in [0, 0.05) is 12.1 Å². The Balaban J connectivity index is 1.86. The van der Waals surface area contributed by atoms with Gasteiger partial charge in [-0.1, -0.05) is 12.1 Å². The molecule has 3 N–H and O–H groups in total. The number of hydrogen-bond donors (Lipinski definition) is 2. The molecule has 18 heavy (non-hydrogen) atoms. The third kappa shape index (κ3) is 3.23. The lowest BCUT2D eigenvalue weighted by molar-refractivity contribution is -0.121. The SMILES string of the molecule is COc1ccc(CC(=O)NC2CCCC2N)cc1. The fraction of sp³-hybridized carbons (Fsp3) is 0.500. The van der Waals surface area contributed by atoms with Gasteiger partial charge in [0.05, 0.1) is 13.5 Å². The third-order valence-corrected chi connectivity index (χ3v) is 3.44. The van der Waals surface area contributed by atoms with E-state index in [0.29, 0.717) is 6.42 Å². The molecular formula is C14H20N2O2. The molecule has 98 valence electrons. The van der Waals surface area contributed by atoms with Gasteiger partial charge in [-0.25, -0.2) is 0 Å². The highest BCUT2D eigenvalue weighted by molar-refractivity contribution is 5.79. The van der Waals surface area contributed by atoms with Crippen LogP contribution in [0.3, 0.4) is 0 Å². The number of benzene rings is 1. The zero-order valence-corrected chi connectivity index (χ0v) is 10.7. The fourth-order valence-electron chi connectivity index (χ4n) is 2.35. The molecule has 0 radical (unpaired) electrons. The first-order valence-electron chi connectivity index (χ1n) is 6.37. The van der Waals surface area contributed by atoms with E-state index in [2.05, 4.69) is 5.32 Å². The number of nitrogens with one attached hydrogen (secondary N) is 1. The average molecular weight is 248 g/mol. The number of carbonyl (C=O) groups excluding carboxylic acids is 1. The summed E-state index contributed by atoms with van der Waals surface area (Å²) in [6.45, 7) is 0. The molecule has 1 aliphatic carbocycles. The van der Waals surface area contributed by atoms with Gasteiger partial charge in [-0.15, -0.1) is 0 Å². The first-order chi connectivity index (χ1) is 8.69. The number of nitrogens with two attached hydrogens (primary N) is 1. The van der Waals surface area contributed by atoms with Crippen LogP contribution >= 0.6 is 0 Å². The Morgan fingerprint density at radius 1 is 1.39 bits per heavy atom. The maximum atomic E-state index is 11.9. The lowest BCUT2D eigenvalue weighted by Crippen LogP contribution is -2.44. The van der Waals surface area contributed by atoms with Crippen molar-refractivity contribution in [2.75, 3.05) is 7.11 Å². The average Bonchev–Trinajstić information content (AvgIpc) is 2.76. The second-order valence-electron chi connectivity index (χ2n) is 4.79. The second kappa shape index (κ2) is 5.87. The van der Waals surface area contributed by atoms with Crippen LogP contribution in [0.1, 0.15) is 24.8 Å². The third-order valence-electron chi connectivity index (χ3n) is 3.44. The minimum atomic E-state index is 0.0440. The van der Waals surface area contributed by atoms with Crippen molar-refractivity contribution in [3.05, 3.63) is 29.8 Å². The lowest BCUT2D eigenvalue weighted by Gasteiger charge is -2.17. The van der Waals surface area contributed by atoms with E-state index in [1.807, 2.05) is 24.3 Å². The van der Waals surface area contributed by atoms with Crippen LogP contribution in [-0.2, 0) is 11.2 Å². The molecule has 2 atom stereocenters. The standard InChI is InChI=1S/C14H20N2O2/c1-18-11-7-5-10(6-8-11)9-14(17)16-13-4-2-3-12(13)15/h5-8,12-13H,2-4,9,15H2,1H3,(H,16,17). The highest BCUT2D eigenvalue weighted by Gasteiger charge is 2.25. The van der Waals surface area contributed by atoms with Gasteiger partial charge in [-0.2, -0.15) is 0 Å². The molecule has 0 bridgehead atoms. The first kappa shape index (κ1) is 12.9. The molecule has 2 rings (SSSR count). The normalized spacial score (nSPS) is 22.8. The summed E-state index contributed by atoms with van der Waals surface area (Å²) in [6, 6.07) is 7.81. The van der Waals surface area contributed by atoms with Crippen LogP contribution in [-0.4, -0.2) is 25.1 Å². The molecule has 0 aromatic heterocycles. The molecule has 1 aromatic rings. The minimum Gasteiger partial charge on any atom is -0.497 e. The number of carbonyl (C=O) groups is 1. The van der Waals surface area contributed by atoms with Crippen molar-refractivity contribution < 1.29 is 9.53 Å². The summed E-state index contributed by atoms with van der Waals surface area (Å²) in [6.07, 6.45) is 3.50. The van der Waals surface area contributed by atoms with Gasteiger partial charge in [0.15, 0.2) is 0 Å². The van der Waals surface area contributed by atoms with Crippen LogP contribution in [0.15, 0.2) is 24.3 Å². The molecule has 2 unspecified atom stereocenters. The molecule has 0 spiro atoms. The number of amides is 1. The van der Waals surface area contributed by atoms with Gasteiger partial charge >= 0.3 is 0 Å². The monoisotopic (exact) mass is 248 g/mol. The molecule has 1 saturated carbocycles. The second-order valence-corrected chi connectivity index (χ2v) is 4.79. The summed E-state index contributed by atoms with van der Waals surface area (Å²) >= 11 is 0. The van der Waals surface area contributed by atoms with E-state index in [0.717, 1.165) is 30.6 Å². The number of methoxy groups -OCH3 is 1. The van der Waals surface area contributed by atoms with Crippen LogP contribution in [0.5, 0.6) is 5.75 Å². The van der Waals surface area contributed by atoms with Crippen molar-refractivity contribution in [1.29, 1.82) is 0 Å². The molecule has 4 heteroatoms. The van der Waals surface area contributed by atoms with Crippen LogP contribution in [0, 0.1) is 0 Å². The summed E-state index contributed by atoms with van der Waals surface area (Å²) < 4.78 is 5.08.